The van der Waals surface area contributed by atoms with E-state index in [0.29, 0.717) is 5.75 Å². The van der Waals surface area contributed by atoms with Crippen LogP contribution in [0.5, 0.6) is 5.75 Å². The molecule has 0 unspecified atom stereocenters. The van der Waals surface area contributed by atoms with Gasteiger partial charge in [0.05, 0.1) is 4.47 Å². The minimum Gasteiger partial charge on any atom is -0.483 e. The van der Waals surface area contributed by atoms with Crippen molar-refractivity contribution in [2.45, 2.75) is 13.8 Å². The normalized spacial score (nSPS) is 10.7. The van der Waals surface area contributed by atoms with E-state index in [1.54, 1.807) is 0 Å². The highest BCUT2D eigenvalue weighted by Crippen LogP contribution is 2.34. The fourth-order valence-electron chi connectivity index (χ4n) is 3.04. The molecule has 0 heterocycles. The highest BCUT2D eigenvalue weighted by molar-refractivity contribution is 9.11. The number of fused-ring (bicyclic) bond motifs is 1. The van der Waals surface area contributed by atoms with Crippen LogP contribution in [0.4, 0.5) is 11.4 Å². The van der Waals surface area contributed by atoms with Gasteiger partial charge in [-0.1, -0.05) is 28.1 Å². The lowest BCUT2D eigenvalue weighted by Crippen LogP contribution is -2.22. The van der Waals surface area contributed by atoms with Gasteiger partial charge < -0.3 is 15.0 Å². The lowest BCUT2D eigenvalue weighted by molar-refractivity contribution is -0.118. The van der Waals surface area contributed by atoms with Crippen LogP contribution in [-0.2, 0) is 4.79 Å². The predicted molar refractivity (Wildman–Crippen MR) is 123 cm³/mol. The van der Waals surface area contributed by atoms with E-state index >= 15 is 0 Å². The Labute approximate surface area is 182 Å². The summed E-state index contributed by atoms with van der Waals surface area (Å²) in [5, 5.41) is 5.00. The summed E-state index contributed by atoms with van der Waals surface area (Å²) in [6.45, 7) is 6.10. The van der Waals surface area contributed by atoms with Crippen LogP contribution in [0.1, 0.15) is 13.8 Å². The molecule has 0 aliphatic rings. The molecule has 1 amide bonds. The average molecular weight is 506 g/mol. The van der Waals surface area contributed by atoms with Crippen molar-refractivity contribution < 1.29 is 9.53 Å². The Morgan fingerprint density at radius 2 is 1.71 bits per heavy atom. The summed E-state index contributed by atoms with van der Waals surface area (Å²) in [4.78, 5) is 14.5. The third kappa shape index (κ3) is 4.86. The average Bonchev–Trinajstić information content (AvgIpc) is 2.69. The molecule has 6 heteroatoms. The number of halogens is 2. The highest BCUT2D eigenvalue weighted by Gasteiger charge is 2.10. The summed E-state index contributed by atoms with van der Waals surface area (Å²) in [5.41, 5.74) is 1.90. The Morgan fingerprint density at radius 3 is 2.39 bits per heavy atom. The Kier molecular flexibility index (Phi) is 6.97. The molecule has 0 aliphatic carbocycles. The van der Waals surface area contributed by atoms with E-state index in [1.807, 2.05) is 54.6 Å². The number of anilines is 2. The van der Waals surface area contributed by atoms with Gasteiger partial charge >= 0.3 is 0 Å². The lowest BCUT2D eigenvalue weighted by Gasteiger charge is -2.21. The Morgan fingerprint density at radius 1 is 1.00 bits per heavy atom. The van der Waals surface area contributed by atoms with Crippen LogP contribution in [0.15, 0.2) is 63.5 Å². The van der Waals surface area contributed by atoms with Crippen LogP contribution in [0.2, 0.25) is 0 Å². The lowest BCUT2D eigenvalue weighted by atomic mass is 10.1. The second-order valence-corrected chi connectivity index (χ2v) is 8.01. The molecular weight excluding hydrogens is 484 g/mol. The zero-order chi connectivity index (χ0) is 20.1. The van der Waals surface area contributed by atoms with Gasteiger partial charge in [0.2, 0.25) is 0 Å². The minimum absolute atomic E-state index is 0.0571. The molecule has 1 N–H and O–H groups in total. The van der Waals surface area contributed by atoms with Gasteiger partial charge in [0.25, 0.3) is 5.91 Å². The van der Waals surface area contributed by atoms with Crippen molar-refractivity contribution in [2.24, 2.45) is 0 Å². The third-order valence-corrected chi connectivity index (χ3v) is 5.83. The van der Waals surface area contributed by atoms with E-state index < -0.39 is 0 Å². The number of carbonyl (C=O) groups is 1. The van der Waals surface area contributed by atoms with Crippen LogP contribution >= 0.6 is 31.9 Å². The number of hydrogen-bond donors (Lipinski definition) is 1. The largest absolute Gasteiger partial charge is 0.483 e. The molecule has 0 aliphatic heterocycles. The Hall–Kier alpha value is -2.05. The molecule has 0 spiro atoms. The molecule has 0 fully saturated rings. The zero-order valence-corrected chi connectivity index (χ0v) is 19.0. The van der Waals surface area contributed by atoms with Gasteiger partial charge in [-0.05, 0) is 83.0 Å². The fraction of sp³-hybridized carbons (Fsp3) is 0.227. The summed E-state index contributed by atoms with van der Waals surface area (Å²) in [5.74, 6) is 0.445. The van der Waals surface area contributed by atoms with Crippen molar-refractivity contribution in [3.05, 3.63) is 63.5 Å². The number of hydrogen-bond acceptors (Lipinski definition) is 3. The summed E-state index contributed by atoms with van der Waals surface area (Å²) >= 11 is 7.06. The number of carbonyl (C=O) groups excluding carboxylic acids is 1. The van der Waals surface area contributed by atoms with Gasteiger partial charge in [-0.25, -0.2) is 0 Å². The van der Waals surface area contributed by atoms with E-state index in [-0.39, 0.29) is 12.5 Å². The SMILES string of the molecule is CCN(CC)c1ccc(NC(=O)COc2ccc3cc(Br)ccc3c2Br)cc1. The van der Waals surface area contributed by atoms with Crippen LogP contribution < -0.4 is 15.0 Å². The van der Waals surface area contributed by atoms with Gasteiger partial charge in [-0.3, -0.25) is 4.79 Å². The molecule has 146 valence electrons. The number of amides is 1. The van der Waals surface area contributed by atoms with Crippen LogP contribution in [0, 0.1) is 0 Å². The number of rotatable bonds is 7. The van der Waals surface area contributed by atoms with E-state index in [4.69, 9.17) is 4.74 Å². The number of ether oxygens (including phenoxy) is 1. The first-order valence-electron chi connectivity index (χ1n) is 9.17. The zero-order valence-electron chi connectivity index (χ0n) is 15.8. The number of nitrogens with zero attached hydrogens (tertiary/aromatic N) is 1. The van der Waals surface area contributed by atoms with Crippen LogP contribution in [0.25, 0.3) is 10.8 Å². The molecule has 3 aromatic carbocycles. The van der Waals surface area contributed by atoms with E-state index in [0.717, 1.165) is 44.2 Å². The first-order chi connectivity index (χ1) is 13.5. The molecule has 0 bridgehead atoms. The van der Waals surface area contributed by atoms with Gasteiger partial charge in [0, 0.05) is 28.9 Å². The Bertz CT molecular complexity index is 970. The maximum atomic E-state index is 12.3. The summed E-state index contributed by atoms with van der Waals surface area (Å²) < 4.78 is 7.59. The molecule has 4 nitrogen and oxygen atoms in total. The highest BCUT2D eigenvalue weighted by atomic mass is 79.9. The first-order valence-corrected chi connectivity index (χ1v) is 10.8. The fourth-order valence-corrected chi connectivity index (χ4v) is 4.03. The Balaban J connectivity index is 1.62. The smallest absolute Gasteiger partial charge is 0.262 e. The summed E-state index contributed by atoms with van der Waals surface area (Å²) in [6.07, 6.45) is 0. The summed E-state index contributed by atoms with van der Waals surface area (Å²) in [7, 11) is 0. The van der Waals surface area contributed by atoms with Crippen molar-refractivity contribution in [1.82, 2.24) is 0 Å². The predicted octanol–water partition coefficient (Wildman–Crippen LogP) is 6.23. The van der Waals surface area contributed by atoms with Gasteiger partial charge in [-0.15, -0.1) is 0 Å². The minimum atomic E-state index is -0.196. The van der Waals surface area contributed by atoms with Gasteiger partial charge in [0.1, 0.15) is 5.75 Å². The molecule has 0 saturated heterocycles. The van der Waals surface area contributed by atoms with Crippen molar-refractivity contribution in [3.63, 3.8) is 0 Å². The molecule has 3 aromatic rings. The monoisotopic (exact) mass is 504 g/mol. The number of nitrogens with one attached hydrogen (secondary N) is 1. The second-order valence-electron chi connectivity index (χ2n) is 6.30. The topological polar surface area (TPSA) is 41.6 Å². The quantitative estimate of drug-likeness (QED) is 0.414. The van der Waals surface area contributed by atoms with Crippen molar-refractivity contribution in [1.29, 1.82) is 0 Å². The third-order valence-electron chi connectivity index (χ3n) is 4.52. The van der Waals surface area contributed by atoms with Gasteiger partial charge in [-0.2, -0.15) is 0 Å². The maximum absolute atomic E-state index is 12.3. The molecule has 0 saturated carbocycles. The molecule has 28 heavy (non-hydrogen) atoms. The van der Waals surface area contributed by atoms with Crippen molar-refractivity contribution in [3.8, 4) is 5.75 Å². The van der Waals surface area contributed by atoms with E-state index in [2.05, 4.69) is 55.9 Å². The maximum Gasteiger partial charge on any atom is 0.262 e. The second kappa shape index (κ2) is 9.43. The molecule has 0 atom stereocenters. The van der Waals surface area contributed by atoms with Crippen molar-refractivity contribution >= 4 is 59.9 Å². The molecule has 0 aromatic heterocycles. The van der Waals surface area contributed by atoms with Crippen LogP contribution in [0.3, 0.4) is 0 Å². The first kappa shape index (κ1) is 20.7. The van der Waals surface area contributed by atoms with E-state index in [1.165, 1.54) is 0 Å². The van der Waals surface area contributed by atoms with Gasteiger partial charge in [0.15, 0.2) is 6.61 Å². The van der Waals surface area contributed by atoms with Crippen molar-refractivity contribution in [2.75, 3.05) is 29.9 Å². The molecule has 3 rings (SSSR count). The number of benzene rings is 3. The molecule has 0 radical (unpaired) electrons. The van der Waals surface area contributed by atoms with Crippen LogP contribution in [-0.4, -0.2) is 25.6 Å². The summed E-state index contributed by atoms with van der Waals surface area (Å²) in [6, 6.07) is 17.7. The van der Waals surface area contributed by atoms with E-state index in [9.17, 15) is 4.79 Å². The standard InChI is InChI=1S/C22H22Br2N2O2/c1-3-26(4-2)18-9-7-17(8-10-18)25-21(27)14-28-20-12-5-15-13-16(23)6-11-19(15)22(20)24/h5-13H,3-4,14H2,1-2H3,(H,25,27). The molecular formula is C22H22Br2N2O2.